The number of nitrogens with zero attached hydrogens (tertiary/aromatic N) is 2. The van der Waals surface area contributed by atoms with Gasteiger partial charge in [0.15, 0.2) is 5.82 Å². The van der Waals surface area contributed by atoms with Crippen LogP contribution in [0.25, 0.3) is 0 Å². The van der Waals surface area contributed by atoms with Crippen molar-refractivity contribution >= 4 is 0 Å². The van der Waals surface area contributed by atoms with Crippen molar-refractivity contribution in [3.05, 3.63) is 11.7 Å². The molecule has 3 N–H and O–H groups in total. The molecule has 5 heteroatoms. The molecular weight excluding hydrogens is 158 g/mol. The summed E-state index contributed by atoms with van der Waals surface area (Å²) in [7, 11) is 0. The summed E-state index contributed by atoms with van der Waals surface area (Å²) in [4.78, 5) is 4.04. The van der Waals surface area contributed by atoms with Crippen LogP contribution in [0.2, 0.25) is 0 Å². The number of hydrogen-bond acceptors (Lipinski definition) is 5. The fourth-order valence-corrected chi connectivity index (χ4v) is 0.847. The minimum absolute atomic E-state index is 0.0515. The van der Waals surface area contributed by atoms with E-state index in [1.807, 2.05) is 0 Å². The summed E-state index contributed by atoms with van der Waals surface area (Å²) in [6.07, 6.45) is 2.02. The second-order valence-electron chi connectivity index (χ2n) is 2.47. The predicted molar refractivity (Wildman–Crippen MR) is 42.5 cm³/mol. The van der Waals surface area contributed by atoms with Gasteiger partial charge >= 0.3 is 0 Å². The quantitative estimate of drug-likeness (QED) is 0.623. The molecule has 0 aliphatic rings. The molecule has 0 aliphatic heterocycles. The first kappa shape index (κ1) is 9.15. The lowest BCUT2D eigenvalue weighted by Gasteiger charge is -1.88. The number of aliphatic hydroxyl groups excluding tert-OH is 1. The molecule has 5 nitrogen and oxygen atoms in total. The van der Waals surface area contributed by atoms with Crippen molar-refractivity contribution < 1.29 is 9.63 Å². The number of rotatable bonds is 5. The van der Waals surface area contributed by atoms with Crippen LogP contribution in [0.5, 0.6) is 0 Å². The van der Waals surface area contributed by atoms with Crippen LogP contribution in [-0.2, 0) is 12.8 Å². The van der Waals surface area contributed by atoms with E-state index in [0.717, 1.165) is 12.8 Å². The van der Waals surface area contributed by atoms with Crippen LogP contribution in [0.15, 0.2) is 4.52 Å². The van der Waals surface area contributed by atoms with E-state index < -0.39 is 0 Å². The first-order valence-electron chi connectivity index (χ1n) is 3.99. The maximum atomic E-state index is 8.56. The van der Waals surface area contributed by atoms with Crippen LogP contribution in [0.3, 0.4) is 0 Å². The molecule has 1 heterocycles. The lowest BCUT2D eigenvalue weighted by atomic mass is 10.3. The average molecular weight is 171 g/mol. The highest BCUT2D eigenvalue weighted by Crippen LogP contribution is 2.00. The van der Waals surface area contributed by atoms with Gasteiger partial charge in [0.2, 0.25) is 5.89 Å². The van der Waals surface area contributed by atoms with Gasteiger partial charge < -0.3 is 15.4 Å². The van der Waals surface area contributed by atoms with E-state index in [0.29, 0.717) is 24.7 Å². The van der Waals surface area contributed by atoms with Crippen molar-refractivity contribution in [3.63, 3.8) is 0 Å². The lowest BCUT2D eigenvalue weighted by molar-refractivity contribution is 0.292. The van der Waals surface area contributed by atoms with Crippen LogP contribution in [0.1, 0.15) is 18.1 Å². The van der Waals surface area contributed by atoms with Gasteiger partial charge in [0.25, 0.3) is 0 Å². The van der Waals surface area contributed by atoms with Crippen LogP contribution >= 0.6 is 0 Å². The minimum Gasteiger partial charge on any atom is -0.396 e. The summed E-state index contributed by atoms with van der Waals surface area (Å²) in [5, 5.41) is 12.2. The molecule has 68 valence electrons. The van der Waals surface area contributed by atoms with Gasteiger partial charge in [0.05, 0.1) is 6.61 Å². The fraction of sp³-hybridized carbons (Fsp3) is 0.714. The number of aliphatic hydroxyl groups is 1. The predicted octanol–water partition coefficient (Wildman–Crippen LogP) is -0.504. The van der Waals surface area contributed by atoms with E-state index in [1.165, 1.54) is 0 Å². The Morgan fingerprint density at radius 3 is 2.92 bits per heavy atom. The third-order valence-corrected chi connectivity index (χ3v) is 1.44. The van der Waals surface area contributed by atoms with Gasteiger partial charge in [-0.2, -0.15) is 4.98 Å². The second kappa shape index (κ2) is 4.84. The van der Waals surface area contributed by atoms with Crippen LogP contribution < -0.4 is 5.73 Å². The Kier molecular flexibility index (Phi) is 3.69. The number of nitrogens with two attached hydrogens (primary N) is 1. The third-order valence-electron chi connectivity index (χ3n) is 1.44. The maximum Gasteiger partial charge on any atom is 0.226 e. The van der Waals surface area contributed by atoms with E-state index >= 15 is 0 Å². The fourth-order valence-electron chi connectivity index (χ4n) is 0.847. The molecule has 0 radical (unpaired) electrons. The van der Waals surface area contributed by atoms with Gasteiger partial charge in [-0.1, -0.05) is 5.16 Å². The van der Waals surface area contributed by atoms with E-state index in [-0.39, 0.29) is 6.61 Å². The average Bonchev–Trinajstić information content (AvgIpc) is 2.50. The Bertz CT molecular complexity index is 224. The zero-order valence-electron chi connectivity index (χ0n) is 6.86. The Morgan fingerprint density at radius 2 is 2.25 bits per heavy atom. The summed E-state index contributed by atoms with van der Waals surface area (Å²) in [6, 6.07) is 0. The molecule has 0 bridgehead atoms. The van der Waals surface area contributed by atoms with Gasteiger partial charge in [-0.05, 0) is 13.0 Å². The first-order chi connectivity index (χ1) is 5.86. The number of aryl methyl sites for hydroxylation is 1. The molecule has 1 aromatic rings. The molecule has 0 aliphatic carbocycles. The van der Waals surface area contributed by atoms with E-state index in [9.17, 15) is 0 Å². The molecule has 0 spiro atoms. The molecule has 0 fully saturated rings. The van der Waals surface area contributed by atoms with Crippen LogP contribution in [-0.4, -0.2) is 28.4 Å². The van der Waals surface area contributed by atoms with E-state index in [2.05, 4.69) is 10.1 Å². The highest BCUT2D eigenvalue weighted by molar-refractivity contribution is 4.86. The lowest BCUT2D eigenvalue weighted by Crippen LogP contribution is -2.00. The smallest absolute Gasteiger partial charge is 0.226 e. The zero-order valence-corrected chi connectivity index (χ0v) is 6.86. The second-order valence-corrected chi connectivity index (χ2v) is 2.47. The summed E-state index contributed by atoms with van der Waals surface area (Å²) >= 11 is 0. The summed E-state index contributed by atoms with van der Waals surface area (Å²) in [5.41, 5.74) is 5.31. The Hall–Kier alpha value is -0.940. The normalized spacial score (nSPS) is 10.5. The van der Waals surface area contributed by atoms with Crippen LogP contribution in [0.4, 0.5) is 0 Å². The van der Waals surface area contributed by atoms with Crippen molar-refractivity contribution in [2.45, 2.75) is 19.3 Å². The topological polar surface area (TPSA) is 85.2 Å². The van der Waals surface area contributed by atoms with E-state index in [4.69, 9.17) is 15.4 Å². The van der Waals surface area contributed by atoms with Gasteiger partial charge in [-0.15, -0.1) is 0 Å². The third kappa shape index (κ3) is 2.60. The van der Waals surface area contributed by atoms with Crippen molar-refractivity contribution in [1.29, 1.82) is 0 Å². The monoisotopic (exact) mass is 171 g/mol. The molecule has 1 aromatic heterocycles. The van der Waals surface area contributed by atoms with Gasteiger partial charge in [-0.25, -0.2) is 0 Å². The molecular formula is C7H13N3O2. The standard InChI is InChI=1S/C7H13N3O2/c8-4-1-2-7-9-6(3-5-11)10-12-7/h11H,1-5,8H2. The van der Waals surface area contributed by atoms with Gasteiger partial charge in [-0.3, -0.25) is 0 Å². The first-order valence-corrected chi connectivity index (χ1v) is 3.99. The molecule has 0 aromatic carbocycles. The Morgan fingerprint density at radius 1 is 1.42 bits per heavy atom. The highest BCUT2D eigenvalue weighted by atomic mass is 16.5. The molecule has 0 saturated carbocycles. The maximum absolute atomic E-state index is 8.56. The van der Waals surface area contributed by atoms with Crippen LogP contribution in [0, 0.1) is 0 Å². The van der Waals surface area contributed by atoms with Gasteiger partial charge in [0.1, 0.15) is 0 Å². The molecule has 12 heavy (non-hydrogen) atoms. The number of hydrogen-bond donors (Lipinski definition) is 2. The largest absolute Gasteiger partial charge is 0.396 e. The van der Waals surface area contributed by atoms with E-state index in [1.54, 1.807) is 0 Å². The SMILES string of the molecule is NCCCc1nc(CCO)no1. The van der Waals surface area contributed by atoms with Crippen molar-refractivity contribution in [2.75, 3.05) is 13.2 Å². The minimum atomic E-state index is 0.0515. The van der Waals surface area contributed by atoms with Crippen molar-refractivity contribution in [2.24, 2.45) is 5.73 Å². The molecule has 1 rings (SSSR count). The molecule has 0 unspecified atom stereocenters. The van der Waals surface area contributed by atoms with Gasteiger partial charge in [0, 0.05) is 12.8 Å². The number of aromatic nitrogens is 2. The Labute approximate surface area is 70.6 Å². The summed E-state index contributed by atoms with van der Waals surface area (Å²) in [5.74, 6) is 1.16. The summed E-state index contributed by atoms with van der Waals surface area (Å²) in [6.45, 7) is 0.674. The zero-order chi connectivity index (χ0) is 8.81. The van der Waals surface area contributed by atoms with Crippen molar-refractivity contribution in [1.82, 2.24) is 10.1 Å². The molecule has 0 saturated heterocycles. The molecule has 0 amide bonds. The molecule has 0 atom stereocenters. The van der Waals surface area contributed by atoms with Crippen molar-refractivity contribution in [3.8, 4) is 0 Å². The Balaban J connectivity index is 2.41. The summed E-state index contributed by atoms with van der Waals surface area (Å²) < 4.78 is 4.89. The highest BCUT2D eigenvalue weighted by Gasteiger charge is 2.03.